The molecular formula is C14H28N2O2S. The van der Waals surface area contributed by atoms with Crippen molar-refractivity contribution in [2.24, 2.45) is 5.41 Å². The van der Waals surface area contributed by atoms with Gasteiger partial charge in [-0.3, -0.25) is 0 Å². The Morgan fingerprint density at radius 3 is 2.68 bits per heavy atom. The molecule has 1 saturated carbocycles. The van der Waals surface area contributed by atoms with Crippen molar-refractivity contribution >= 4 is 10.0 Å². The standard InChI is InChI=1S/C14H28N2O2S/c1-2-7-14(8-9-14)12-16-19(17,18)11-6-13-5-3-4-10-15-13/h13,15-16H,2-12H2,1H3. The molecule has 2 rings (SSSR count). The van der Waals surface area contributed by atoms with Gasteiger partial charge in [-0.05, 0) is 50.5 Å². The van der Waals surface area contributed by atoms with Crippen molar-refractivity contribution in [1.82, 2.24) is 10.0 Å². The largest absolute Gasteiger partial charge is 0.314 e. The lowest BCUT2D eigenvalue weighted by Gasteiger charge is -2.23. The average molecular weight is 288 g/mol. The zero-order chi connectivity index (χ0) is 13.8. The molecule has 0 aromatic rings. The highest BCUT2D eigenvalue weighted by Gasteiger charge is 2.41. The van der Waals surface area contributed by atoms with Gasteiger partial charge in [0, 0.05) is 12.6 Å². The van der Waals surface area contributed by atoms with Gasteiger partial charge in [0.2, 0.25) is 10.0 Å². The van der Waals surface area contributed by atoms with E-state index in [1.165, 1.54) is 25.7 Å². The van der Waals surface area contributed by atoms with E-state index in [1.54, 1.807) is 0 Å². The van der Waals surface area contributed by atoms with E-state index in [0.717, 1.165) is 32.2 Å². The van der Waals surface area contributed by atoms with E-state index in [2.05, 4.69) is 17.0 Å². The van der Waals surface area contributed by atoms with Crippen LogP contribution in [0.3, 0.4) is 0 Å². The molecule has 0 aromatic carbocycles. The molecule has 112 valence electrons. The molecule has 4 nitrogen and oxygen atoms in total. The fraction of sp³-hybridized carbons (Fsp3) is 1.00. The van der Waals surface area contributed by atoms with E-state index in [9.17, 15) is 8.42 Å². The molecular weight excluding hydrogens is 260 g/mol. The van der Waals surface area contributed by atoms with Crippen molar-refractivity contribution in [1.29, 1.82) is 0 Å². The molecule has 1 heterocycles. The minimum Gasteiger partial charge on any atom is -0.314 e. The Bertz CT molecular complexity index is 371. The molecule has 2 aliphatic rings. The Hall–Kier alpha value is -0.130. The summed E-state index contributed by atoms with van der Waals surface area (Å²) in [5, 5.41) is 3.40. The van der Waals surface area contributed by atoms with Crippen LogP contribution in [0.1, 0.15) is 58.3 Å². The zero-order valence-corrected chi connectivity index (χ0v) is 12.9. The number of nitrogens with one attached hydrogen (secondary N) is 2. The second kappa shape index (κ2) is 6.55. The summed E-state index contributed by atoms with van der Waals surface area (Å²) in [4.78, 5) is 0. The lowest BCUT2D eigenvalue weighted by molar-refractivity contribution is 0.391. The second-order valence-corrected chi connectivity index (χ2v) is 8.25. The molecule has 0 amide bonds. The summed E-state index contributed by atoms with van der Waals surface area (Å²) in [5.74, 6) is 0.271. The number of piperidine rings is 1. The zero-order valence-electron chi connectivity index (χ0n) is 12.1. The third-order valence-electron chi connectivity index (χ3n) is 4.55. The fourth-order valence-electron chi connectivity index (χ4n) is 3.03. The van der Waals surface area contributed by atoms with Gasteiger partial charge < -0.3 is 5.32 Å². The minimum atomic E-state index is -3.08. The Kier molecular flexibility index (Phi) is 5.26. The van der Waals surface area contributed by atoms with Crippen LogP contribution in [-0.2, 0) is 10.0 Å². The van der Waals surface area contributed by atoms with Gasteiger partial charge in [-0.2, -0.15) is 0 Å². The maximum atomic E-state index is 12.0. The van der Waals surface area contributed by atoms with E-state index < -0.39 is 10.0 Å². The summed E-state index contributed by atoms with van der Waals surface area (Å²) < 4.78 is 26.9. The van der Waals surface area contributed by atoms with Crippen molar-refractivity contribution in [3.8, 4) is 0 Å². The van der Waals surface area contributed by atoms with Crippen molar-refractivity contribution in [3.63, 3.8) is 0 Å². The van der Waals surface area contributed by atoms with Gasteiger partial charge in [0.1, 0.15) is 0 Å². The number of hydrogen-bond donors (Lipinski definition) is 2. The molecule has 0 spiro atoms. The maximum absolute atomic E-state index is 12.0. The van der Waals surface area contributed by atoms with Gasteiger partial charge in [-0.15, -0.1) is 0 Å². The number of rotatable bonds is 8. The van der Waals surface area contributed by atoms with E-state index in [-0.39, 0.29) is 5.75 Å². The minimum absolute atomic E-state index is 0.271. The van der Waals surface area contributed by atoms with Crippen molar-refractivity contribution in [2.75, 3.05) is 18.8 Å². The van der Waals surface area contributed by atoms with Crippen LogP contribution in [0.5, 0.6) is 0 Å². The molecule has 2 fully saturated rings. The van der Waals surface area contributed by atoms with E-state index >= 15 is 0 Å². The SMILES string of the molecule is CCCC1(CNS(=O)(=O)CCC2CCCCN2)CC1. The van der Waals surface area contributed by atoms with Crippen LogP contribution in [0.15, 0.2) is 0 Å². The van der Waals surface area contributed by atoms with Gasteiger partial charge in [0.05, 0.1) is 5.75 Å². The van der Waals surface area contributed by atoms with E-state index in [1.807, 2.05) is 0 Å². The summed E-state index contributed by atoms with van der Waals surface area (Å²) in [6, 6.07) is 0.399. The van der Waals surface area contributed by atoms with Crippen LogP contribution < -0.4 is 10.0 Å². The average Bonchev–Trinajstić information content (AvgIpc) is 3.17. The van der Waals surface area contributed by atoms with Crippen molar-refractivity contribution in [3.05, 3.63) is 0 Å². The molecule has 2 N–H and O–H groups in total. The van der Waals surface area contributed by atoms with Gasteiger partial charge in [-0.1, -0.05) is 19.8 Å². The Morgan fingerprint density at radius 1 is 1.32 bits per heavy atom. The smallest absolute Gasteiger partial charge is 0.211 e. The first-order valence-electron chi connectivity index (χ1n) is 7.76. The normalized spacial score (nSPS) is 26.3. The Labute approximate surface area is 117 Å². The maximum Gasteiger partial charge on any atom is 0.211 e. The van der Waals surface area contributed by atoms with Gasteiger partial charge in [0.15, 0.2) is 0 Å². The predicted molar refractivity (Wildman–Crippen MR) is 78.6 cm³/mol. The summed E-state index contributed by atoms with van der Waals surface area (Å²) in [6.45, 7) is 3.86. The predicted octanol–water partition coefficient (Wildman–Crippen LogP) is 2.02. The lowest BCUT2D eigenvalue weighted by atomic mass is 10.0. The lowest BCUT2D eigenvalue weighted by Crippen LogP contribution is -2.38. The van der Waals surface area contributed by atoms with Crippen LogP contribution >= 0.6 is 0 Å². The van der Waals surface area contributed by atoms with Gasteiger partial charge in [0.25, 0.3) is 0 Å². The third kappa shape index (κ3) is 5.04. The monoisotopic (exact) mass is 288 g/mol. The fourth-order valence-corrected chi connectivity index (χ4v) is 4.29. The molecule has 1 atom stereocenters. The summed E-state index contributed by atoms with van der Waals surface area (Å²) in [5.41, 5.74) is 0.297. The topological polar surface area (TPSA) is 58.2 Å². The summed E-state index contributed by atoms with van der Waals surface area (Å²) >= 11 is 0. The molecule has 1 unspecified atom stereocenters. The molecule has 0 aromatic heterocycles. The summed E-state index contributed by atoms with van der Waals surface area (Å²) in [6.07, 6.45) is 8.99. The molecule has 0 bridgehead atoms. The highest BCUT2D eigenvalue weighted by molar-refractivity contribution is 7.89. The molecule has 1 saturated heterocycles. The van der Waals surface area contributed by atoms with Crippen LogP contribution in [0.4, 0.5) is 0 Å². The molecule has 5 heteroatoms. The molecule has 1 aliphatic carbocycles. The first-order valence-corrected chi connectivity index (χ1v) is 9.41. The molecule has 19 heavy (non-hydrogen) atoms. The van der Waals surface area contributed by atoms with Crippen LogP contribution in [0, 0.1) is 5.41 Å². The van der Waals surface area contributed by atoms with E-state index in [4.69, 9.17) is 0 Å². The van der Waals surface area contributed by atoms with Crippen LogP contribution in [-0.4, -0.2) is 33.3 Å². The highest BCUT2D eigenvalue weighted by Crippen LogP contribution is 2.49. The highest BCUT2D eigenvalue weighted by atomic mass is 32.2. The number of sulfonamides is 1. The quantitative estimate of drug-likeness (QED) is 0.718. The first kappa shape index (κ1) is 15.3. The first-order chi connectivity index (χ1) is 9.05. The second-order valence-electron chi connectivity index (χ2n) is 6.33. The van der Waals surface area contributed by atoms with E-state index in [0.29, 0.717) is 18.0 Å². The van der Waals surface area contributed by atoms with Crippen LogP contribution in [0.25, 0.3) is 0 Å². The Balaban J connectivity index is 1.69. The molecule has 1 aliphatic heterocycles. The third-order valence-corrected chi connectivity index (χ3v) is 5.91. The van der Waals surface area contributed by atoms with Crippen molar-refractivity contribution in [2.45, 2.75) is 64.3 Å². The van der Waals surface area contributed by atoms with Crippen molar-refractivity contribution < 1.29 is 8.42 Å². The van der Waals surface area contributed by atoms with Crippen LogP contribution in [0.2, 0.25) is 0 Å². The number of hydrogen-bond acceptors (Lipinski definition) is 3. The summed E-state index contributed by atoms with van der Waals surface area (Å²) in [7, 11) is -3.08. The Morgan fingerprint density at radius 2 is 2.11 bits per heavy atom. The van der Waals surface area contributed by atoms with Gasteiger partial charge >= 0.3 is 0 Å². The molecule has 0 radical (unpaired) electrons. The van der Waals surface area contributed by atoms with Gasteiger partial charge in [-0.25, -0.2) is 13.1 Å².